The Kier molecular flexibility index (Phi) is 4.86. The molecule has 0 N–H and O–H groups in total. The molecular formula is C16H22ClFO. The molecule has 106 valence electrons. The Morgan fingerprint density at radius 2 is 2.05 bits per heavy atom. The van der Waals surface area contributed by atoms with Gasteiger partial charge in [0.2, 0.25) is 0 Å². The zero-order chi connectivity index (χ0) is 13.9. The van der Waals surface area contributed by atoms with Crippen molar-refractivity contribution < 1.29 is 9.13 Å². The zero-order valence-electron chi connectivity index (χ0n) is 11.7. The van der Waals surface area contributed by atoms with Gasteiger partial charge >= 0.3 is 0 Å². The van der Waals surface area contributed by atoms with Gasteiger partial charge in [0.05, 0.1) is 11.7 Å². The minimum Gasteiger partial charge on any atom is -0.372 e. The largest absolute Gasteiger partial charge is 0.372 e. The second-order valence-corrected chi connectivity index (χ2v) is 6.43. The molecule has 1 nitrogen and oxygen atoms in total. The first-order valence-corrected chi connectivity index (χ1v) is 7.50. The van der Waals surface area contributed by atoms with Gasteiger partial charge in [0.1, 0.15) is 5.82 Å². The first-order valence-electron chi connectivity index (χ1n) is 6.97. The maximum Gasteiger partial charge on any atom is 0.123 e. The van der Waals surface area contributed by atoms with Crippen LogP contribution in [0.5, 0.6) is 0 Å². The second kappa shape index (κ2) is 6.23. The molecule has 0 saturated carbocycles. The average molecular weight is 285 g/mol. The van der Waals surface area contributed by atoms with E-state index in [0.29, 0.717) is 17.9 Å². The summed E-state index contributed by atoms with van der Waals surface area (Å²) >= 11 is 6.07. The Balaban J connectivity index is 1.88. The summed E-state index contributed by atoms with van der Waals surface area (Å²) in [6.45, 7) is 4.28. The van der Waals surface area contributed by atoms with E-state index in [1.807, 2.05) is 12.1 Å². The van der Waals surface area contributed by atoms with Crippen LogP contribution in [0.4, 0.5) is 4.39 Å². The fourth-order valence-corrected chi connectivity index (χ4v) is 3.01. The summed E-state index contributed by atoms with van der Waals surface area (Å²) in [5, 5.41) is 0. The summed E-state index contributed by atoms with van der Waals surface area (Å²) in [5.74, 6) is 0.829. The van der Waals surface area contributed by atoms with Crippen LogP contribution in [-0.2, 0) is 11.2 Å². The summed E-state index contributed by atoms with van der Waals surface area (Å²) < 4.78 is 18.9. The summed E-state index contributed by atoms with van der Waals surface area (Å²) in [5.41, 5.74) is 1.15. The molecule has 0 aromatic heterocycles. The Labute approximate surface area is 120 Å². The molecular weight excluding hydrogens is 263 g/mol. The highest BCUT2D eigenvalue weighted by Gasteiger charge is 2.32. The Bertz CT molecular complexity index is 402. The molecule has 1 heterocycles. The van der Waals surface area contributed by atoms with Crippen LogP contribution < -0.4 is 0 Å². The standard InChI is InChI=1S/C16H22ClFO/c1-16(2)8-7-15(19-16)10-13(11-17)9-12-3-5-14(18)6-4-12/h3-6,13,15H,7-11H2,1-2H3. The lowest BCUT2D eigenvalue weighted by Crippen LogP contribution is -2.22. The molecule has 2 rings (SSSR count). The molecule has 0 aliphatic carbocycles. The number of benzene rings is 1. The molecule has 2 atom stereocenters. The fraction of sp³-hybridized carbons (Fsp3) is 0.625. The molecule has 3 heteroatoms. The molecule has 1 saturated heterocycles. The maximum atomic E-state index is 12.9. The molecule has 1 fully saturated rings. The lowest BCUT2D eigenvalue weighted by atomic mass is 9.94. The maximum absolute atomic E-state index is 12.9. The van der Waals surface area contributed by atoms with E-state index < -0.39 is 0 Å². The third kappa shape index (κ3) is 4.47. The molecule has 1 aromatic rings. The Morgan fingerprint density at radius 1 is 1.37 bits per heavy atom. The number of rotatable bonds is 5. The van der Waals surface area contributed by atoms with Crippen LogP contribution in [0.1, 0.15) is 38.7 Å². The summed E-state index contributed by atoms with van der Waals surface area (Å²) in [4.78, 5) is 0. The molecule has 1 aliphatic heterocycles. The van der Waals surface area contributed by atoms with Crippen molar-refractivity contribution >= 4 is 11.6 Å². The van der Waals surface area contributed by atoms with E-state index in [4.69, 9.17) is 16.3 Å². The SMILES string of the molecule is CC1(C)CCC(CC(CCl)Cc2ccc(F)cc2)O1. The van der Waals surface area contributed by atoms with Crippen LogP contribution >= 0.6 is 11.6 Å². The van der Waals surface area contributed by atoms with Crippen molar-refractivity contribution in [1.29, 1.82) is 0 Å². The first-order chi connectivity index (χ1) is 8.98. The highest BCUT2D eigenvalue weighted by molar-refractivity contribution is 6.18. The smallest absolute Gasteiger partial charge is 0.123 e. The van der Waals surface area contributed by atoms with Gasteiger partial charge in [0.25, 0.3) is 0 Å². The monoisotopic (exact) mass is 284 g/mol. The molecule has 0 bridgehead atoms. The summed E-state index contributed by atoms with van der Waals surface area (Å²) in [6.07, 6.45) is 4.43. The van der Waals surface area contributed by atoms with Gasteiger partial charge in [-0.05, 0) is 63.1 Å². The van der Waals surface area contributed by atoms with Crippen molar-refractivity contribution in [3.05, 3.63) is 35.6 Å². The average Bonchev–Trinajstić information content (AvgIpc) is 2.70. The van der Waals surface area contributed by atoms with Crippen molar-refractivity contribution in [1.82, 2.24) is 0 Å². The molecule has 0 spiro atoms. The molecule has 1 aliphatic rings. The summed E-state index contributed by atoms with van der Waals surface area (Å²) in [6, 6.07) is 6.70. The van der Waals surface area contributed by atoms with Crippen molar-refractivity contribution in [2.75, 3.05) is 5.88 Å². The molecule has 0 amide bonds. The van der Waals surface area contributed by atoms with Gasteiger partial charge in [-0.1, -0.05) is 12.1 Å². The Morgan fingerprint density at radius 3 is 2.58 bits per heavy atom. The van der Waals surface area contributed by atoms with Crippen LogP contribution in [0.2, 0.25) is 0 Å². The third-order valence-corrected chi connectivity index (χ3v) is 4.24. The second-order valence-electron chi connectivity index (χ2n) is 6.12. The normalized spacial score (nSPS) is 23.5. The van der Waals surface area contributed by atoms with Crippen LogP contribution in [0.15, 0.2) is 24.3 Å². The van der Waals surface area contributed by atoms with Crippen molar-refractivity contribution in [2.45, 2.75) is 51.2 Å². The number of hydrogen-bond acceptors (Lipinski definition) is 1. The van der Waals surface area contributed by atoms with Crippen LogP contribution in [0.3, 0.4) is 0 Å². The predicted molar refractivity (Wildman–Crippen MR) is 77.1 cm³/mol. The van der Waals surface area contributed by atoms with Crippen LogP contribution in [0, 0.1) is 11.7 Å². The highest BCUT2D eigenvalue weighted by atomic mass is 35.5. The van der Waals surface area contributed by atoms with E-state index in [1.54, 1.807) is 0 Å². The van der Waals surface area contributed by atoms with E-state index in [1.165, 1.54) is 12.1 Å². The van der Waals surface area contributed by atoms with E-state index in [9.17, 15) is 4.39 Å². The van der Waals surface area contributed by atoms with Gasteiger partial charge in [-0.2, -0.15) is 0 Å². The fourth-order valence-electron chi connectivity index (χ4n) is 2.77. The van der Waals surface area contributed by atoms with Gasteiger partial charge < -0.3 is 4.74 Å². The molecule has 0 radical (unpaired) electrons. The highest BCUT2D eigenvalue weighted by Crippen LogP contribution is 2.33. The van der Waals surface area contributed by atoms with E-state index in [2.05, 4.69) is 13.8 Å². The lowest BCUT2D eigenvalue weighted by Gasteiger charge is -2.22. The first kappa shape index (κ1) is 14.8. The number of hydrogen-bond donors (Lipinski definition) is 0. The summed E-state index contributed by atoms with van der Waals surface area (Å²) in [7, 11) is 0. The minimum absolute atomic E-state index is 0.0113. The minimum atomic E-state index is -0.188. The molecule has 1 aromatic carbocycles. The molecule has 2 unspecified atom stereocenters. The van der Waals surface area contributed by atoms with Gasteiger partial charge in [0, 0.05) is 5.88 Å². The number of ether oxygens (including phenoxy) is 1. The van der Waals surface area contributed by atoms with Crippen molar-refractivity contribution in [3.8, 4) is 0 Å². The quantitative estimate of drug-likeness (QED) is 0.720. The van der Waals surface area contributed by atoms with E-state index in [-0.39, 0.29) is 11.4 Å². The van der Waals surface area contributed by atoms with Crippen molar-refractivity contribution in [3.63, 3.8) is 0 Å². The number of halogens is 2. The van der Waals surface area contributed by atoms with E-state index in [0.717, 1.165) is 31.2 Å². The van der Waals surface area contributed by atoms with E-state index >= 15 is 0 Å². The van der Waals surface area contributed by atoms with Gasteiger partial charge in [-0.3, -0.25) is 0 Å². The van der Waals surface area contributed by atoms with Crippen molar-refractivity contribution in [2.24, 2.45) is 5.92 Å². The van der Waals surface area contributed by atoms with Gasteiger partial charge in [0.15, 0.2) is 0 Å². The van der Waals surface area contributed by atoms with Crippen LogP contribution in [0.25, 0.3) is 0 Å². The molecule has 19 heavy (non-hydrogen) atoms. The van der Waals surface area contributed by atoms with Crippen LogP contribution in [-0.4, -0.2) is 17.6 Å². The van der Waals surface area contributed by atoms with Gasteiger partial charge in [-0.25, -0.2) is 4.39 Å². The third-order valence-electron chi connectivity index (χ3n) is 3.81. The Hall–Kier alpha value is -0.600. The number of alkyl halides is 1. The zero-order valence-corrected chi connectivity index (χ0v) is 12.4. The lowest BCUT2D eigenvalue weighted by molar-refractivity contribution is -0.0234. The predicted octanol–water partition coefficient (Wildman–Crippen LogP) is 4.57. The topological polar surface area (TPSA) is 9.23 Å². The van der Waals surface area contributed by atoms with Gasteiger partial charge in [-0.15, -0.1) is 11.6 Å².